The van der Waals surface area contributed by atoms with Crippen LogP contribution in [0.5, 0.6) is 0 Å². The first-order valence-corrected chi connectivity index (χ1v) is 8.04. The van der Waals surface area contributed by atoms with Gasteiger partial charge in [0.25, 0.3) is 0 Å². The molecule has 0 fully saturated rings. The van der Waals surface area contributed by atoms with Crippen LogP contribution in [0.3, 0.4) is 0 Å². The average Bonchev–Trinajstić information content (AvgIpc) is 2.53. The number of ether oxygens (including phenoxy) is 1. The topological polar surface area (TPSA) is 67.4 Å². The van der Waals surface area contributed by atoms with Crippen LogP contribution in [-0.2, 0) is 16.0 Å². The zero-order chi connectivity index (χ0) is 17.0. The second kappa shape index (κ2) is 7.31. The summed E-state index contributed by atoms with van der Waals surface area (Å²) in [5.41, 5.74) is 3.06. The lowest BCUT2D eigenvalue weighted by Gasteiger charge is -2.29. The highest BCUT2D eigenvalue weighted by Crippen LogP contribution is 2.28. The highest BCUT2D eigenvalue weighted by Gasteiger charge is 2.32. The minimum Gasteiger partial charge on any atom is -0.459 e. The van der Waals surface area contributed by atoms with Gasteiger partial charge in [0.2, 0.25) is 0 Å². The number of hydrogen-bond acceptors (Lipinski definition) is 3. The number of esters is 1. The smallest absolute Gasteiger partial charge is 0.338 e. The zero-order valence-corrected chi connectivity index (χ0v) is 14.1. The van der Waals surface area contributed by atoms with Gasteiger partial charge in [-0.25, -0.2) is 9.59 Å². The average molecular weight is 316 g/mol. The Bertz CT molecular complexity index is 620. The summed E-state index contributed by atoms with van der Waals surface area (Å²) in [6.07, 6.45) is 1.52. The monoisotopic (exact) mass is 316 g/mol. The van der Waals surface area contributed by atoms with E-state index in [9.17, 15) is 9.59 Å². The molecule has 0 radical (unpaired) electrons. The summed E-state index contributed by atoms with van der Waals surface area (Å²) < 4.78 is 5.45. The Labute approximate surface area is 137 Å². The first kappa shape index (κ1) is 17.1. The van der Waals surface area contributed by atoms with Gasteiger partial charge in [0.1, 0.15) is 0 Å². The fourth-order valence-corrected chi connectivity index (χ4v) is 2.49. The van der Waals surface area contributed by atoms with Crippen molar-refractivity contribution in [3.8, 4) is 0 Å². The third-order valence-corrected chi connectivity index (χ3v) is 4.09. The molecule has 1 aromatic rings. The highest BCUT2D eigenvalue weighted by molar-refractivity contribution is 5.95. The Hall–Kier alpha value is -2.30. The van der Waals surface area contributed by atoms with E-state index in [0.29, 0.717) is 11.3 Å². The van der Waals surface area contributed by atoms with Gasteiger partial charge in [-0.3, -0.25) is 0 Å². The van der Waals surface area contributed by atoms with Crippen molar-refractivity contribution >= 4 is 12.0 Å². The number of benzene rings is 1. The molecule has 0 saturated carbocycles. The van der Waals surface area contributed by atoms with Crippen LogP contribution >= 0.6 is 0 Å². The van der Waals surface area contributed by atoms with Gasteiger partial charge in [0.05, 0.1) is 17.7 Å². The molecule has 1 aromatic carbocycles. The maximum Gasteiger partial charge on any atom is 0.338 e. The van der Waals surface area contributed by atoms with Gasteiger partial charge in [-0.2, -0.15) is 0 Å². The SMILES string of the molecule is CCc1ccc(C2NC(=O)NC(C)=C2C(=O)OC(C)CC)cc1. The summed E-state index contributed by atoms with van der Waals surface area (Å²) in [6.45, 7) is 7.62. The van der Waals surface area contributed by atoms with Crippen molar-refractivity contribution in [3.05, 3.63) is 46.7 Å². The maximum absolute atomic E-state index is 12.5. The fourth-order valence-electron chi connectivity index (χ4n) is 2.49. The molecule has 2 unspecified atom stereocenters. The van der Waals surface area contributed by atoms with Gasteiger partial charge < -0.3 is 15.4 Å². The number of carbonyl (C=O) groups is 2. The molecule has 0 spiro atoms. The standard InChI is InChI=1S/C18H24N2O3/c1-5-11(3)23-17(21)15-12(4)19-18(22)20-16(15)14-9-7-13(6-2)8-10-14/h7-11,16H,5-6H2,1-4H3,(H2,19,20,22). The van der Waals surface area contributed by atoms with E-state index < -0.39 is 12.0 Å². The molecule has 1 aliphatic rings. The predicted octanol–water partition coefficient (Wildman–Crippen LogP) is 3.22. The number of nitrogens with one attached hydrogen (secondary N) is 2. The molecule has 0 bridgehead atoms. The van der Waals surface area contributed by atoms with Crippen LogP contribution < -0.4 is 10.6 Å². The first-order valence-electron chi connectivity index (χ1n) is 8.04. The molecule has 0 saturated heterocycles. The van der Waals surface area contributed by atoms with E-state index >= 15 is 0 Å². The van der Waals surface area contributed by atoms with Crippen molar-refractivity contribution in [3.63, 3.8) is 0 Å². The van der Waals surface area contributed by atoms with E-state index in [2.05, 4.69) is 17.6 Å². The third-order valence-electron chi connectivity index (χ3n) is 4.09. The molecule has 2 atom stereocenters. The lowest BCUT2D eigenvalue weighted by molar-refractivity contribution is -0.144. The summed E-state index contributed by atoms with van der Waals surface area (Å²) in [7, 11) is 0. The van der Waals surface area contributed by atoms with Crippen molar-refractivity contribution in [2.75, 3.05) is 0 Å². The number of urea groups is 1. The zero-order valence-electron chi connectivity index (χ0n) is 14.1. The van der Waals surface area contributed by atoms with Crippen LogP contribution in [0.4, 0.5) is 4.79 Å². The molecule has 1 heterocycles. The van der Waals surface area contributed by atoms with E-state index in [1.54, 1.807) is 6.92 Å². The first-order chi connectivity index (χ1) is 11.0. The molecule has 2 rings (SSSR count). The highest BCUT2D eigenvalue weighted by atomic mass is 16.5. The van der Waals surface area contributed by atoms with Crippen LogP contribution in [0.25, 0.3) is 0 Å². The number of rotatable bonds is 5. The van der Waals surface area contributed by atoms with Gasteiger partial charge in [0, 0.05) is 5.70 Å². The summed E-state index contributed by atoms with van der Waals surface area (Å²) in [5, 5.41) is 5.47. The Morgan fingerprint density at radius 2 is 1.91 bits per heavy atom. The number of amides is 2. The largest absolute Gasteiger partial charge is 0.459 e. The second-order valence-electron chi connectivity index (χ2n) is 5.79. The minimum atomic E-state index is -0.494. The minimum absolute atomic E-state index is 0.163. The molecule has 1 aliphatic heterocycles. The predicted molar refractivity (Wildman–Crippen MR) is 88.8 cm³/mol. The van der Waals surface area contributed by atoms with E-state index in [-0.39, 0.29) is 12.1 Å². The summed E-state index contributed by atoms with van der Waals surface area (Å²) in [4.78, 5) is 24.3. The molecule has 0 aliphatic carbocycles. The van der Waals surface area contributed by atoms with E-state index in [1.807, 2.05) is 38.1 Å². The number of allylic oxidation sites excluding steroid dienone is 1. The van der Waals surface area contributed by atoms with E-state index in [1.165, 1.54) is 5.56 Å². The molecule has 2 N–H and O–H groups in total. The summed E-state index contributed by atoms with van der Waals surface area (Å²) in [6, 6.07) is 7.10. The third kappa shape index (κ3) is 3.92. The van der Waals surface area contributed by atoms with Gasteiger partial charge in [-0.05, 0) is 37.8 Å². The van der Waals surface area contributed by atoms with Crippen LogP contribution in [-0.4, -0.2) is 18.1 Å². The van der Waals surface area contributed by atoms with Crippen molar-refractivity contribution in [1.82, 2.24) is 10.6 Å². The van der Waals surface area contributed by atoms with Gasteiger partial charge in [-0.1, -0.05) is 38.1 Å². The fraction of sp³-hybridized carbons (Fsp3) is 0.444. The number of aryl methyl sites for hydroxylation is 1. The Morgan fingerprint density at radius 1 is 1.26 bits per heavy atom. The molecule has 0 aromatic heterocycles. The quantitative estimate of drug-likeness (QED) is 0.820. The lowest BCUT2D eigenvalue weighted by atomic mass is 9.94. The van der Waals surface area contributed by atoms with Crippen molar-refractivity contribution in [2.24, 2.45) is 0 Å². The summed E-state index contributed by atoms with van der Waals surface area (Å²) in [5.74, 6) is -0.395. The lowest BCUT2D eigenvalue weighted by Crippen LogP contribution is -2.45. The van der Waals surface area contributed by atoms with Crippen LogP contribution in [0.15, 0.2) is 35.5 Å². The van der Waals surface area contributed by atoms with Crippen molar-refractivity contribution in [1.29, 1.82) is 0 Å². The van der Waals surface area contributed by atoms with Crippen LogP contribution in [0, 0.1) is 0 Å². The number of hydrogen-bond donors (Lipinski definition) is 2. The van der Waals surface area contributed by atoms with Crippen LogP contribution in [0.1, 0.15) is 51.3 Å². The molecule has 2 amide bonds. The molecular formula is C18H24N2O3. The molecule has 5 nitrogen and oxygen atoms in total. The van der Waals surface area contributed by atoms with Gasteiger partial charge >= 0.3 is 12.0 Å². The molecule has 124 valence electrons. The number of carbonyl (C=O) groups excluding carboxylic acids is 2. The Kier molecular flexibility index (Phi) is 5.42. The Balaban J connectivity index is 2.35. The second-order valence-corrected chi connectivity index (χ2v) is 5.79. The molecule has 5 heteroatoms. The molecule has 23 heavy (non-hydrogen) atoms. The molecular weight excluding hydrogens is 292 g/mol. The van der Waals surface area contributed by atoms with Gasteiger partial charge in [0.15, 0.2) is 0 Å². The van der Waals surface area contributed by atoms with Gasteiger partial charge in [-0.15, -0.1) is 0 Å². The Morgan fingerprint density at radius 3 is 2.48 bits per heavy atom. The van der Waals surface area contributed by atoms with Crippen LogP contribution in [0.2, 0.25) is 0 Å². The van der Waals surface area contributed by atoms with Crippen molar-refractivity contribution < 1.29 is 14.3 Å². The normalized spacial score (nSPS) is 19.0. The maximum atomic E-state index is 12.5. The summed E-state index contributed by atoms with van der Waals surface area (Å²) >= 11 is 0. The van der Waals surface area contributed by atoms with Crippen molar-refractivity contribution in [2.45, 2.75) is 52.7 Å². The van der Waals surface area contributed by atoms with E-state index in [0.717, 1.165) is 18.4 Å². The van der Waals surface area contributed by atoms with E-state index in [4.69, 9.17) is 4.74 Å².